The zero-order valence-corrected chi connectivity index (χ0v) is 21.5. The van der Waals surface area contributed by atoms with Gasteiger partial charge in [-0.25, -0.2) is 4.79 Å². The lowest BCUT2D eigenvalue weighted by Gasteiger charge is -2.26. The number of ether oxygens (including phenoxy) is 2. The number of para-hydroxylation sites is 2. The summed E-state index contributed by atoms with van der Waals surface area (Å²) in [7, 11) is 0. The van der Waals surface area contributed by atoms with Crippen molar-refractivity contribution in [3.05, 3.63) is 66.4 Å². The number of anilines is 2. The van der Waals surface area contributed by atoms with Crippen molar-refractivity contribution in [2.24, 2.45) is 5.41 Å². The Labute approximate surface area is 211 Å². The molecule has 1 aromatic heterocycles. The molecular formula is C28H33N3O5. The first-order valence-corrected chi connectivity index (χ1v) is 11.8. The van der Waals surface area contributed by atoms with Gasteiger partial charge in [0.05, 0.1) is 28.7 Å². The molecule has 1 unspecified atom stereocenters. The minimum Gasteiger partial charge on any atom is -0.456 e. The topological polar surface area (TPSA) is 107 Å². The Morgan fingerprint density at radius 2 is 1.53 bits per heavy atom. The molecule has 0 saturated carbocycles. The molecule has 190 valence electrons. The van der Waals surface area contributed by atoms with Crippen molar-refractivity contribution in [1.29, 1.82) is 0 Å². The zero-order chi connectivity index (χ0) is 26.5. The first-order chi connectivity index (χ1) is 16.8. The number of aromatic nitrogens is 1. The Morgan fingerprint density at radius 1 is 0.861 bits per heavy atom. The number of amides is 2. The SMILES string of the molecule is CC(C)(C)OC(=O)Nc1ccccc1C(CC(=O)Nc1cccc2cccnc12)OC(=O)C(C)(C)C. The molecular weight excluding hydrogens is 458 g/mol. The molecule has 1 atom stereocenters. The molecule has 0 saturated heterocycles. The molecule has 1 heterocycles. The highest BCUT2D eigenvalue weighted by Crippen LogP contribution is 2.32. The van der Waals surface area contributed by atoms with Crippen LogP contribution in [0.1, 0.15) is 59.6 Å². The Bertz CT molecular complexity index is 1250. The van der Waals surface area contributed by atoms with E-state index >= 15 is 0 Å². The van der Waals surface area contributed by atoms with Crippen molar-refractivity contribution in [1.82, 2.24) is 4.98 Å². The lowest BCUT2D eigenvalue weighted by Crippen LogP contribution is -2.29. The van der Waals surface area contributed by atoms with Gasteiger partial charge in [-0.1, -0.05) is 36.4 Å². The molecule has 0 bridgehead atoms. The van der Waals surface area contributed by atoms with Crippen molar-refractivity contribution in [2.45, 2.75) is 59.7 Å². The van der Waals surface area contributed by atoms with E-state index in [2.05, 4.69) is 15.6 Å². The van der Waals surface area contributed by atoms with Gasteiger partial charge in [0.1, 0.15) is 11.7 Å². The van der Waals surface area contributed by atoms with Gasteiger partial charge in [-0.3, -0.25) is 19.9 Å². The van der Waals surface area contributed by atoms with Crippen LogP contribution in [0.15, 0.2) is 60.8 Å². The van der Waals surface area contributed by atoms with E-state index in [1.165, 1.54) is 0 Å². The second kappa shape index (κ2) is 10.8. The van der Waals surface area contributed by atoms with Crippen molar-refractivity contribution in [2.75, 3.05) is 10.6 Å². The summed E-state index contributed by atoms with van der Waals surface area (Å²) < 4.78 is 11.2. The number of esters is 1. The Kier molecular flexibility index (Phi) is 7.97. The third kappa shape index (κ3) is 7.28. The van der Waals surface area contributed by atoms with Gasteiger partial charge in [-0.15, -0.1) is 0 Å². The van der Waals surface area contributed by atoms with Gasteiger partial charge in [0.25, 0.3) is 0 Å². The average molecular weight is 492 g/mol. The summed E-state index contributed by atoms with van der Waals surface area (Å²) >= 11 is 0. The summed E-state index contributed by atoms with van der Waals surface area (Å²) in [4.78, 5) is 42.8. The number of nitrogens with one attached hydrogen (secondary N) is 2. The van der Waals surface area contributed by atoms with Crippen molar-refractivity contribution in [3.8, 4) is 0 Å². The van der Waals surface area contributed by atoms with Crippen LogP contribution in [0, 0.1) is 5.41 Å². The molecule has 0 aliphatic heterocycles. The molecule has 0 radical (unpaired) electrons. The summed E-state index contributed by atoms with van der Waals surface area (Å²) in [5.41, 5.74) is 0.596. The highest BCUT2D eigenvalue weighted by Gasteiger charge is 2.30. The van der Waals surface area contributed by atoms with Crippen molar-refractivity contribution < 1.29 is 23.9 Å². The van der Waals surface area contributed by atoms with E-state index in [-0.39, 0.29) is 12.3 Å². The van der Waals surface area contributed by atoms with Gasteiger partial charge in [0.15, 0.2) is 0 Å². The lowest BCUT2D eigenvalue weighted by molar-refractivity contribution is -0.159. The van der Waals surface area contributed by atoms with Crippen LogP contribution in [-0.4, -0.2) is 28.6 Å². The fourth-order valence-corrected chi connectivity index (χ4v) is 3.40. The molecule has 2 N–H and O–H groups in total. The molecule has 0 aliphatic carbocycles. The van der Waals surface area contributed by atoms with Crippen LogP contribution in [0.4, 0.5) is 16.2 Å². The number of rotatable bonds is 6. The van der Waals surface area contributed by atoms with Gasteiger partial charge in [-0.05, 0) is 59.7 Å². The van der Waals surface area contributed by atoms with Crippen molar-refractivity contribution >= 4 is 40.2 Å². The molecule has 8 heteroatoms. The quantitative estimate of drug-likeness (QED) is 0.395. The van der Waals surface area contributed by atoms with Crippen LogP contribution in [0.5, 0.6) is 0 Å². The number of hydrogen-bond donors (Lipinski definition) is 2. The maximum absolute atomic E-state index is 13.1. The normalized spacial score (nSPS) is 12.5. The van der Waals surface area contributed by atoms with E-state index in [4.69, 9.17) is 9.47 Å². The van der Waals surface area contributed by atoms with Crippen LogP contribution in [0.25, 0.3) is 10.9 Å². The van der Waals surface area contributed by atoms with Crippen molar-refractivity contribution in [3.63, 3.8) is 0 Å². The fourth-order valence-electron chi connectivity index (χ4n) is 3.40. The molecule has 36 heavy (non-hydrogen) atoms. The number of hydrogen-bond acceptors (Lipinski definition) is 6. The molecule has 0 fully saturated rings. The van der Waals surface area contributed by atoms with Crippen LogP contribution in [-0.2, 0) is 19.1 Å². The highest BCUT2D eigenvalue weighted by molar-refractivity contribution is 6.00. The van der Waals surface area contributed by atoms with E-state index in [9.17, 15) is 14.4 Å². The van der Waals surface area contributed by atoms with Crippen LogP contribution < -0.4 is 10.6 Å². The number of carbonyl (C=O) groups excluding carboxylic acids is 3. The molecule has 3 aromatic rings. The van der Waals surface area contributed by atoms with E-state index in [0.717, 1.165) is 5.39 Å². The molecule has 8 nitrogen and oxygen atoms in total. The smallest absolute Gasteiger partial charge is 0.412 e. The zero-order valence-electron chi connectivity index (χ0n) is 21.5. The molecule has 2 aromatic carbocycles. The minimum absolute atomic E-state index is 0.169. The van der Waals surface area contributed by atoms with Gasteiger partial charge in [-0.2, -0.15) is 0 Å². The lowest BCUT2D eigenvalue weighted by atomic mass is 9.96. The Hall–Kier alpha value is -3.94. The minimum atomic E-state index is -0.953. The largest absolute Gasteiger partial charge is 0.456 e. The van der Waals surface area contributed by atoms with Crippen LogP contribution >= 0.6 is 0 Å². The number of nitrogens with zero attached hydrogens (tertiary/aromatic N) is 1. The molecule has 3 rings (SSSR count). The summed E-state index contributed by atoms with van der Waals surface area (Å²) in [6.07, 6.45) is -0.115. The highest BCUT2D eigenvalue weighted by atomic mass is 16.6. The average Bonchev–Trinajstić information content (AvgIpc) is 2.77. The van der Waals surface area contributed by atoms with E-state index in [1.807, 2.05) is 24.3 Å². The van der Waals surface area contributed by atoms with Gasteiger partial charge < -0.3 is 14.8 Å². The van der Waals surface area contributed by atoms with Gasteiger partial charge in [0.2, 0.25) is 5.91 Å². The second-order valence-corrected chi connectivity index (χ2v) is 10.5. The van der Waals surface area contributed by atoms with E-state index in [0.29, 0.717) is 22.5 Å². The first kappa shape index (κ1) is 26.7. The Morgan fingerprint density at radius 3 is 2.22 bits per heavy atom. The standard InChI is InChI=1S/C28H33N3O5/c1-27(2,3)25(33)35-22(19-13-7-8-14-20(19)31-26(34)36-28(4,5)6)17-23(32)30-21-15-9-11-18-12-10-16-29-24(18)21/h7-16,22H,17H2,1-6H3,(H,30,32)(H,31,34). The van der Waals surface area contributed by atoms with E-state index < -0.39 is 29.2 Å². The van der Waals surface area contributed by atoms with Gasteiger partial charge >= 0.3 is 12.1 Å². The number of pyridine rings is 1. The van der Waals surface area contributed by atoms with E-state index in [1.54, 1.807) is 78.1 Å². The third-order valence-electron chi connectivity index (χ3n) is 5.08. The molecule has 0 aliphatic rings. The monoisotopic (exact) mass is 491 g/mol. The van der Waals surface area contributed by atoms with Crippen LogP contribution in [0.2, 0.25) is 0 Å². The predicted molar refractivity (Wildman–Crippen MR) is 140 cm³/mol. The Balaban J connectivity index is 1.89. The molecule has 0 spiro atoms. The van der Waals surface area contributed by atoms with Gasteiger partial charge in [0, 0.05) is 17.1 Å². The summed E-state index contributed by atoms with van der Waals surface area (Å²) in [5, 5.41) is 6.48. The fraction of sp³-hybridized carbons (Fsp3) is 0.357. The van der Waals surface area contributed by atoms with Crippen LogP contribution in [0.3, 0.4) is 0 Å². The number of benzene rings is 2. The third-order valence-corrected chi connectivity index (χ3v) is 5.08. The number of carbonyl (C=O) groups is 3. The maximum Gasteiger partial charge on any atom is 0.412 e. The summed E-state index contributed by atoms with van der Waals surface area (Å²) in [6.45, 7) is 10.5. The predicted octanol–water partition coefficient (Wildman–Crippen LogP) is 6.24. The summed E-state index contributed by atoms with van der Waals surface area (Å²) in [6, 6.07) is 16.1. The second-order valence-electron chi connectivity index (χ2n) is 10.5. The number of fused-ring (bicyclic) bond motifs is 1. The molecule has 2 amide bonds. The summed E-state index contributed by atoms with van der Waals surface area (Å²) in [5.74, 6) is -0.842. The maximum atomic E-state index is 13.1. The first-order valence-electron chi connectivity index (χ1n) is 11.8.